The summed E-state index contributed by atoms with van der Waals surface area (Å²) >= 11 is 0. The minimum Gasteiger partial charge on any atom is -0.295 e. The molecule has 0 aromatic rings. The lowest BCUT2D eigenvalue weighted by Crippen LogP contribution is -1.99. The Morgan fingerprint density at radius 3 is 2.75 bits per heavy atom. The average Bonchev–Trinajstić information content (AvgIpc) is 2.28. The normalized spacial score (nSPS) is 21.5. The maximum Gasteiger partial charge on any atom is 0.155 e. The Kier molecular flexibility index (Phi) is 3.51. The van der Waals surface area contributed by atoms with E-state index < -0.39 is 0 Å². The van der Waals surface area contributed by atoms with Gasteiger partial charge in [0.1, 0.15) is 0 Å². The van der Waals surface area contributed by atoms with Crippen molar-refractivity contribution in [3.63, 3.8) is 0 Å². The average molecular weight is 166 g/mol. The van der Waals surface area contributed by atoms with E-state index in [0.717, 1.165) is 25.7 Å². The molecule has 1 unspecified atom stereocenters. The molecule has 0 bridgehead atoms. The standard InChI is InChI=1S/C11H18O/c1-3-9(2)10-6-4-5-7-11(12)8-10/h8-9H,3-7H2,1-2H3. The minimum atomic E-state index is 0.336. The highest BCUT2D eigenvalue weighted by atomic mass is 16.1. The molecular weight excluding hydrogens is 148 g/mol. The summed E-state index contributed by atoms with van der Waals surface area (Å²) in [5.74, 6) is 0.940. The first-order chi connectivity index (χ1) is 5.74. The molecule has 1 rings (SSSR count). The summed E-state index contributed by atoms with van der Waals surface area (Å²) in [6.45, 7) is 4.39. The van der Waals surface area contributed by atoms with Crippen molar-refractivity contribution < 1.29 is 4.79 Å². The van der Waals surface area contributed by atoms with Gasteiger partial charge in [0, 0.05) is 6.42 Å². The summed E-state index contributed by atoms with van der Waals surface area (Å²) in [7, 11) is 0. The van der Waals surface area contributed by atoms with Crippen molar-refractivity contribution in [3.8, 4) is 0 Å². The zero-order valence-electron chi connectivity index (χ0n) is 8.10. The number of allylic oxidation sites excluding steroid dienone is 2. The van der Waals surface area contributed by atoms with Crippen LogP contribution in [-0.4, -0.2) is 5.78 Å². The highest BCUT2D eigenvalue weighted by molar-refractivity contribution is 5.90. The molecule has 1 aliphatic rings. The van der Waals surface area contributed by atoms with Crippen molar-refractivity contribution in [1.29, 1.82) is 0 Å². The van der Waals surface area contributed by atoms with Gasteiger partial charge < -0.3 is 0 Å². The van der Waals surface area contributed by atoms with Crippen LogP contribution in [0.15, 0.2) is 11.6 Å². The van der Waals surface area contributed by atoms with Crippen LogP contribution < -0.4 is 0 Å². The predicted molar refractivity (Wildman–Crippen MR) is 51.0 cm³/mol. The SMILES string of the molecule is CCC(C)C1=CC(=O)CCCC1. The summed E-state index contributed by atoms with van der Waals surface area (Å²) in [4.78, 5) is 11.2. The molecule has 0 radical (unpaired) electrons. The lowest BCUT2D eigenvalue weighted by molar-refractivity contribution is -0.114. The predicted octanol–water partition coefficient (Wildman–Crippen LogP) is 3.10. The van der Waals surface area contributed by atoms with Crippen molar-refractivity contribution >= 4 is 5.78 Å². The van der Waals surface area contributed by atoms with Gasteiger partial charge >= 0.3 is 0 Å². The van der Waals surface area contributed by atoms with Crippen LogP contribution in [0, 0.1) is 5.92 Å². The van der Waals surface area contributed by atoms with Gasteiger partial charge in [0.15, 0.2) is 5.78 Å². The molecule has 68 valence electrons. The first-order valence-corrected chi connectivity index (χ1v) is 4.97. The Hall–Kier alpha value is -0.590. The van der Waals surface area contributed by atoms with Crippen LogP contribution in [0.1, 0.15) is 46.0 Å². The zero-order valence-corrected chi connectivity index (χ0v) is 8.10. The molecule has 0 saturated heterocycles. The third-order valence-electron chi connectivity index (χ3n) is 2.73. The van der Waals surface area contributed by atoms with Gasteiger partial charge in [0.2, 0.25) is 0 Å². The second-order valence-electron chi connectivity index (χ2n) is 3.70. The van der Waals surface area contributed by atoms with Gasteiger partial charge in [-0.2, -0.15) is 0 Å². The number of carbonyl (C=O) groups excluding carboxylic acids is 1. The monoisotopic (exact) mass is 166 g/mol. The van der Waals surface area contributed by atoms with E-state index >= 15 is 0 Å². The molecule has 1 atom stereocenters. The topological polar surface area (TPSA) is 17.1 Å². The second-order valence-corrected chi connectivity index (χ2v) is 3.70. The van der Waals surface area contributed by atoms with Crippen LogP contribution in [0.2, 0.25) is 0 Å². The third-order valence-corrected chi connectivity index (χ3v) is 2.73. The molecule has 1 nitrogen and oxygen atoms in total. The summed E-state index contributed by atoms with van der Waals surface area (Å²) in [5.41, 5.74) is 1.38. The molecule has 0 saturated carbocycles. The van der Waals surface area contributed by atoms with Crippen LogP contribution in [0.4, 0.5) is 0 Å². The van der Waals surface area contributed by atoms with Gasteiger partial charge in [0.05, 0.1) is 0 Å². The van der Waals surface area contributed by atoms with E-state index in [-0.39, 0.29) is 0 Å². The molecule has 1 aliphatic carbocycles. The van der Waals surface area contributed by atoms with Crippen molar-refractivity contribution in [1.82, 2.24) is 0 Å². The Labute approximate surface area is 74.9 Å². The van der Waals surface area contributed by atoms with E-state index in [9.17, 15) is 4.79 Å². The molecule has 0 N–H and O–H groups in total. The van der Waals surface area contributed by atoms with E-state index in [0.29, 0.717) is 11.7 Å². The molecular formula is C11H18O. The van der Waals surface area contributed by atoms with Crippen molar-refractivity contribution in [2.45, 2.75) is 46.0 Å². The lowest BCUT2D eigenvalue weighted by Gasteiger charge is -2.11. The maximum absolute atomic E-state index is 11.2. The molecule has 0 heterocycles. The van der Waals surface area contributed by atoms with Gasteiger partial charge in [0.25, 0.3) is 0 Å². The first-order valence-electron chi connectivity index (χ1n) is 4.97. The number of hydrogen-bond acceptors (Lipinski definition) is 1. The van der Waals surface area contributed by atoms with E-state index in [1.807, 2.05) is 6.08 Å². The summed E-state index contributed by atoms with van der Waals surface area (Å²) in [5, 5.41) is 0. The Bertz CT molecular complexity index is 191. The second kappa shape index (κ2) is 4.44. The number of hydrogen-bond donors (Lipinski definition) is 0. The highest BCUT2D eigenvalue weighted by Crippen LogP contribution is 2.23. The maximum atomic E-state index is 11.2. The van der Waals surface area contributed by atoms with E-state index in [2.05, 4.69) is 13.8 Å². The van der Waals surface area contributed by atoms with Crippen LogP contribution >= 0.6 is 0 Å². The zero-order chi connectivity index (χ0) is 8.97. The Morgan fingerprint density at radius 1 is 1.42 bits per heavy atom. The van der Waals surface area contributed by atoms with Crippen molar-refractivity contribution in [3.05, 3.63) is 11.6 Å². The molecule has 0 spiro atoms. The Morgan fingerprint density at radius 2 is 2.08 bits per heavy atom. The largest absolute Gasteiger partial charge is 0.295 e. The Balaban J connectivity index is 2.65. The van der Waals surface area contributed by atoms with E-state index in [1.54, 1.807) is 0 Å². The lowest BCUT2D eigenvalue weighted by atomic mass is 9.94. The molecule has 0 aromatic heterocycles. The van der Waals surface area contributed by atoms with Crippen LogP contribution in [0.5, 0.6) is 0 Å². The van der Waals surface area contributed by atoms with Crippen LogP contribution in [-0.2, 0) is 4.79 Å². The molecule has 0 aromatic carbocycles. The number of ketones is 1. The van der Waals surface area contributed by atoms with Crippen molar-refractivity contribution in [2.24, 2.45) is 5.92 Å². The summed E-state index contributed by atoms with van der Waals surface area (Å²) in [6.07, 6.45) is 7.22. The van der Waals surface area contributed by atoms with Crippen molar-refractivity contribution in [2.75, 3.05) is 0 Å². The van der Waals surface area contributed by atoms with Gasteiger partial charge in [-0.1, -0.05) is 19.4 Å². The summed E-state index contributed by atoms with van der Waals surface area (Å²) < 4.78 is 0. The molecule has 0 amide bonds. The van der Waals surface area contributed by atoms with Crippen LogP contribution in [0.25, 0.3) is 0 Å². The number of carbonyl (C=O) groups is 1. The first kappa shape index (κ1) is 9.50. The van der Waals surface area contributed by atoms with E-state index in [4.69, 9.17) is 0 Å². The fourth-order valence-corrected chi connectivity index (χ4v) is 1.63. The van der Waals surface area contributed by atoms with Gasteiger partial charge in [-0.05, 0) is 37.7 Å². The van der Waals surface area contributed by atoms with E-state index in [1.165, 1.54) is 12.0 Å². The van der Waals surface area contributed by atoms with Gasteiger partial charge in [-0.15, -0.1) is 0 Å². The smallest absolute Gasteiger partial charge is 0.155 e. The molecule has 0 aliphatic heterocycles. The fourth-order valence-electron chi connectivity index (χ4n) is 1.63. The van der Waals surface area contributed by atoms with Gasteiger partial charge in [-0.3, -0.25) is 4.79 Å². The third kappa shape index (κ3) is 2.47. The minimum absolute atomic E-state index is 0.336. The number of rotatable bonds is 2. The molecule has 12 heavy (non-hydrogen) atoms. The molecule has 1 heteroatoms. The quantitative estimate of drug-likeness (QED) is 0.616. The van der Waals surface area contributed by atoms with Crippen LogP contribution in [0.3, 0.4) is 0 Å². The fraction of sp³-hybridized carbons (Fsp3) is 0.727. The van der Waals surface area contributed by atoms with Gasteiger partial charge in [-0.25, -0.2) is 0 Å². The molecule has 0 fully saturated rings. The highest BCUT2D eigenvalue weighted by Gasteiger charge is 2.12. The summed E-state index contributed by atoms with van der Waals surface area (Å²) in [6, 6.07) is 0.